The number of hydrogen-bond donors (Lipinski definition) is 0. The number of carbonyl (C=O) groups is 1. The lowest BCUT2D eigenvalue weighted by Crippen LogP contribution is -2.15. The molecule has 0 amide bonds. The Morgan fingerprint density at radius 3 is 2.26 bits per heavy atom. The minimum atomic E-state index is 0.291. The Morgan fingerprint density at radius 2 is 1.63 bits per heavy atom. The fraction of sp³-hybridized carbons (Fsp3) is 0.611. The van der Waals surface area contributed by atoms with Crippen molar-refractivity contribution in [3.05, 3.63) is 35.4 Å². The summed E-state index contributed by atoms with van der Waals surface area (Å²) in [5.74, 6) is 1.42. The van der Waals surface area contributed by atoms with Gasteiger partial charge in [-0.2, -0.15) is 0 Å². The Labute approximate surface area is 116 Å². The maximum atomic E-state index is 12.6. The zero-order valence-corrected chi connectivity index (χ0v) is 11.7. The lowest BCUT2D eigenvalue weighted by atomic mass is 9.79. The van der Waals surface area contributed by atoms with E-state index in [0.29, 0.717) is 11.7 Å². The van der Waals surface area contributed by atoms with E-state index in [1.165, 1.54) is 50.5 Å². The van der Waals surface area contributed by atoms with Gasteiger partial charge in [0.15, 0.2) is 5.78 Å². The molecule has 1 heteroatoms. The predicted molar refractivity (Wildman–Crippen MR) is 78.6 cm³/mol. The third-order valence-corrected chi connectivity index (χ3v) is 4.97. The van der Waals surface area contributed by atoms with E-state index in [0.717, 1.165) is 24.3 Å². The summed E-state index contributed by atoms with van der Waals surface area (Å²) in [4.78, 5) is 12.6. The highest BCUT2D eigenvalue weighted by molar-refractivity contribution is 5.98. The molecule has 0 unspecified atom stereocenters. The zero-order chi connectivity index (χ0) is 13.1. The Balaban J connectivity index is 1.74. The van der Waals surface area contributed by atoms with E-state index >= 15 is 0 Å². The van der Waals surface area contributed by atoms with Gasteiger partial charge < -0.3 is 0 Å². The minimum Gasteiger partial charge on any atom is -0.294 e. The number of rotatable bonds is 3. The molecular weight excluding hydrogens is 232 g/mol. The third-order valence-electron chi connectivity index (χ3n) is 4.97. The topological polar surface area (TPSA) is 17.1 Å². The van der Waals surface area contributed by atoms with Crippen LogP contribution in [0, 0.1) is 5.92 Å². The summed E-state index contributed by atoms with van der Waals surface area (Å²) in [6, 6.07) is 8.48. The maximum Gasteiger partial charge on any atom is 0.165 e. The van der Waals surface area contributed by atoms with Gasteiger partial charge in [-0.1, -0.05) is 50.3 Å². The van der Waals surface area contributed by atoms with Crippen LogP contribution >= 0.6 is 0 Å². The summed E-state index contributed by atoms with van der Waals surface area (Å²) in [6.07, 6.45) is 11.3. The minimum absolute atomic E-state index is 0.291. The fourth-order valence-corrected chi connectivity index (χ4v) is 3.46. The molecule has 0 radical (unpaired) electrons. The van der Waals surface area contributed by atoms with E-state index in [4.69, 9.17) is 0 Å². The summed E-state index contributed by atoms with van der Waals surface area (Å²) in [5, 5.41) is 0. The monoisotopic (exact) mass is 256 g/mol. The Morgan fingerprint density at radius 1 is 0.895 bits per heavy atom. The van der Waals surface area contributed by atoms with Crippen molar-refractivity contribution in [3.63, 3.8) is 0 Å². The highest BCUT2D eigenvalue weighted by Crippen LogP contribution is 2.37. The van der Waals surface area contributed by atoms with Crippen LogP contribution in [-0.2, 0) is 0 Å². The molecular formula is C18H24O. The number of hydrogen-bond acceptors (Lipinski definition) is 1. The van der Waals surface area contributed by atoms with Gasteiger partial charge in [0.1, 0.15) is 0 Å². The molecule has 1 aromatic rings. The molecule has 0 bridgehead atoms. The van der Waals surface area contributed by atoms with Gasteiger partial charge in [-0.15, -0.1) is 0 Å². The molecule has 0 heterocycles. The molecule has 19 heavy (non-hydrogen) atoms. The average molecular weight is 256 g/mol. The van der Waals surface area contributed by atoms with Crippen LogP contribution in [0.2, 0.25) is 0 Å². The van der Waals surface area contributed by atoms with E-state index in [1.807, 2.05) is 6.07 Å². The summed E-state index contributed by atoms with van der Waals surface area (Å²) in [5.41, 5.74) is 2.36. The molecule has 2 aliphatic rings. The summed E-state index contributed by atoms with van der Waals surface area (Å²) in [6.45, 7) is 0. The van der Waals surface area contributed by atoms with E-state index in [1.54, 1.807) is 0 Å². The zero-order valence-electron chi connectivity index (χ0n) is 11.7. The SMILES string of the molecule is O=C(c1cccc(C2CCC2)c1)C1CCCCCC1. The van der Waals surface area contributed by atoms with Gasteiger partial charge in [0.05, 0.1) is 0 Å². The van der Waals surface area contributed by atoms with Gasteiger partial charge in [0.2, 0.25) is 0 Å². The smallest absolute Gasteiger partial charge is 0.165 e. The average Bonchev–Trinajstić information content (AvgIpc) is 2.65. The third kappa shape index (κ3) is 2.91. The van der Waals surface area contributed by atoms with E-state index in [9.17, 15) is 4.79 Å². The summed E-state index contributed by atoms with van der Waals surface area (Å²) in [7, 11) is 0. The first kappa shape index (κ1) is 12.9. The van der Waals surface area contributed by atoms with E-state index < -0.39 is 0 Å². The van der Waals surface area contributed by atoms with Crippen LogP contribution < -0.4 is 0 Å². The maximum absolute atomic E-state index is 12.6. The van der Waals surface area contributed by atoms with Crippen LogP contribution in [0.4, 0.5) is 0 Å². The number of benzene rings is 1. The van der Waals surface area contributed by atoms with Gasteiger partial charge in [-0.25, -0.2) is 0 Å². The second-order valence-corrected chi connectivity index (χ2v) is 6.31. The number of Topliss-reactive ketones (excluding diaryl/α,β-unsaturated/α-hetero) is 1. The Bertz CT molecular complexity index is 437. The molecule has 0 atom stereocenters. The molecule has 0 aromatic heterocycles. The van der Waals surface area contributed by atoms with Crippen LogP contribution in [0.5, 0.6) is 0 Å². The van der Waals surface area contributed by atoms with Crippen molar-refractivity contribution >= 4 is 5.78 Å². The molecule has 2 aliphatic carbocycles. The van der Waals surface area contributed by atoms with Crippen molar-refractivity contribution in [2.75, 3.05) is 0 Å². The lowest BCUT2D eigenvalue weighted by molar-refractivity contribution is 0.0907. The Kier molecular flexibility index (Phi) is 4.00. The summed E-state index contributed by atoms with van der Waals surface area (Å²) < 4.78 is 0. The molecule has 0 aliphatic heterocycles. The molecule has 0 spiro atoms. The van der Waals surface area contributed by atoms with E-state index in [2.05, 4.69) is 18.2 Å². The van der Waals surface area contributed by atoms with Crippen molar-refractivity contribution < 1.29 is 4.79 Å². The van der Waals surface area contributed by atoms with Gasteiger partial charge in [-0.05, 0) is 43.2 Å². The molecule has 2 saturated carbocycles. The quantitative estimate of drug-likeness (QED) is 0.542. The highest BCUT2D eigenvalue weighted by Gasteiger charge is 2.23. The van der Waals surface area contributed by atoms with E-state index in [-0.39, 0.29) is 0 Å². The fourth-order valence-electron chi connectivity index (χ4n) is 3.46. The van der Waals surface area contributed by atoms with Crippen LogP contribution in [0.25, 0.3) is 0 Å². The largest absolute Gasteiger partial charge is 0.294 e. The molecule has 0 saturated heterocycles. The molecule has 3 rings (SSSR count). The lowest BCUT2D eigenvalue weighted by Gasteiger charge is -2.26. The second-order valence-electron chi connectivity index (χ2n) is 6.31. The van der Waals surface area contributed by atoms with Gasteiger partial charge in [-0.3, -0.25) is 4.79 Å². The van der Waals surface area contributed by atoms with Crippen LogP contribution in [-0.4, -0.2) is 5.78 Å². The van der Waals surface area contributed by atoms with Gasteiger partial charge >= 0.3 is 0 Å². The first-order valence-corrected chi connectivity index (χ1v) is 7.99. The van der Waals surface area contributed by atoms with Gasteiger partial charge in [0.25, 0.3) is 0 Å². The standard InChI is InChI=1S/C18H24O/c19-18(15-7-3-1-2-4-8-15)17-12-6-11-16(13-17)14-9-5-10-14/h6,11-15H,1-5,7-10H2. The second kappa shape index (κ2) is 5.90. The Hall–Kier alpha value is -1.11. The molecule has 0 N–H and O–H groups in total. The van der Waals surface area contributed by atoms with Crippen molar-refractivity contribution in [2.24, 2.45) is 5.92 Å². The molecule has 1 aromatic carbocycles. The number of ketones is 1. The summed E-state index contributed by atoms with van der Waals surface area (Å²) >= 11 is 0. The van der Waals surface area contributed by atoms with Crippen LogP contribution in [0.3, 0.4) is 0 Å². The van der Waals surface area contributed by atoms with Gasteiger partial charge in [0, 0.05) is 11.5 Å². The predicted octanol–water partition coefficient (Wildman–Crippen LogP) is 5.11. The molecule has 1 nitrogen and oxygen atoms in total. The van der Waals surface area contributed by atoms with Crippen LogP contribution in [0.1, 0.15) is 79.6 Å². The van der Waals surface area contributed by atoms with Crippen molar-refractivity contribution in [1.82, 2.24) is 0 Å². The number of carbonyl (C=O) groups excluding carboxylic acids is 1. The molecule has 2 fully saturated rings. The first-order chi connectivity index (χ1) is 9.34. The van der Waals surface area contributed by atoms with Crippen LogP contribution in [0.15, 0.2) is 24.3 Å². The van der Waals surface area contributed by atoms with Crippen molar-refractivity contribution in [3.8, 4) is 0 Å². The molecule has 102 valence electrons. The normalized spacial score (nSPS) is 21.7. The van der Waals surface area contributed by atoms with Crippen molar-refractivity contribution in [2.45, 2.75) is 63.7 Å². The van der Waals surface area contributed by atoms with Crippen molar-refractivity contribution in [1.29, 1.82) is 0 Å². The first-order valence-electron chi connectivity index (χ1n) is 7.99. The highest BCUT2D eigenvalue weighted by atomic mass is 16.1.